The van der Waals surface area contributed by atoms with E-state index in [1.54, 1.807) is 0 Å². The quantitative estimate of drug-likeness (QED) is 0.152. The Morgan fingerprint density at radius 2 is 0.697 bits per heavy atom. The molecular formula is C64H44N2. The number of aromatic nitrogens is 2. The third kappa shape index (κ3) is 6.83. The largest absolute Gasteiger partial charge is 0.228 e. The Bertz CT molecular complexity index is 3540. The molecule has 1 unspecified atom stereocenters. The SMILES string of the molecule is CC1(c2ccccc2)c2ccccc2-c2ccc(-c3ccc(-c4ccc(-c5ccc(-c6cc(-c7ccc(-c8ccccc8)cc7)nc(-c7ccccc7)n6)c6ccccc56)cc4)cc3)cc21. The molecule has 0 radical (unpaired) electrons. The summed E-state index contributed by atoms with van der Waals surface area (Å²) in [5.41, 5.74) is 20.9. The molecule has 12 rings (SSSR count). The van der Waals surface area contributed by atoms with E-state index in [4.69, 9.17) is 9.97 Å². The monoisotopic (exact) mass is 840 g/mol. The number of nitrogens with zero attached hydrogens (tertiary/aromatic N) is 2. The fourth-order valence-electron chi connectivity index (χ4n) is 10.1. The van der Waals surface area contributed by atoms with E-state index in [9.17, 15) is 0 Å². The van der Waals surface area contributed by atoms with Crippen LogP contribution in [0.25, 0.3) is 100 Å². The van der Waals surface area contributed by atoms with Gasteiger partial charge < -0.3 is 0 Å². The molecule has 11 aromatic rings. The molecule has 1 aromatic heterocycles. The zero-order chi connectivity index (χ0) is 44.0. The highest BCUT2D eigenvalue weighted by molar-refractivity contribution is 6.05. The molecule has 0 fully saturated rings. The first-order valence-corrected chi connectivity index (χ1v) is 22.7. The van der Waals surface area contributed by atoms with Crippen LogP contribution < -0.4 is 0 Å². The van der Waals surface area contributed by atoms with Crippen molar-refractivity contribution in [2.24, 2.45) is 0 Å². The van der Waals surface area contributed by atoms with E-state index >= 15 is 0 Å². The first-order valence-electron chi connectivity index (χ1n) is 22.7. The van der Waals surface area contributed by atoms with Gasteiger partial charge in [-0.2, -0.15) is 0 Å². The number of rotatable bonds is 8. The summed E-state index contributed by atoms with van der Waals surface area (Å²) in [5.74, 6) is 0.705. The predicted octanol–water partition coefficient (Wildman–Crippen LogP) is 16.6. The fraction of sp³-hybridized carbons (Fsp3) is 0.0312. The van der Waals surface area contributed by atoms with E-state index in [2.05, 4.69) is 231 Å². The van der Waals surface area contributed by atoms with Crippen LogP contribution in [0.1, 0.15) is 23.6 Å². The van der Waals surface area contributed by atoms with Crippen LogP contribution in [0.15, 0.2) is 249 Å². The van der Waals surface area contributed by atoms with Crippen molar-refractivity contribution in [3.63, 3.8) is 0 Å². The molecule has 0 spiro atoms. The molecule has 0 saturated carbocycles. The van der Waals surface area contributed by atoms with Gasteiger partial charge in [-0.25, -0.2) is 9.97 Å². The van der Waals surface area contributed by atoms with E-state index in [1.807, 2.05) is 24.3 Å². The Morgan fingerprint density at radius 1 is 0.273 bits per heavy atom. The van der Waals surface area contributed by atoms with Crippen molar-refractivity contribution in [1.29, 1.82) is 0 Å². The molecule has 2 heteroatoms. The minimum atomic E-state index is -0.224. The third-order valence-corrected chi connectivity index (χ3v) is 13.7. The van der Waals surface area contributed by atoms with E-state index < -0.39 is 0 Å². The number of hydrogen-bond donors (Lipinski definition) is 0. The highest BCUT2D eigenvalue weighted by Crippen LogP contribution is 2.53. The molecule has 1 atom stereocenters. The molecule has 0 saturated heterocycles. The van der Waals surface area contributed by atoms with Gasteiger partial charge in [0.25, 0.3) is 0 Å². The molecule has 0 N–H and O–H groups in total. The van der Waals surface area contributed by atoms with Crippen molar-refractivity contribution in [1.82, 2.24) is 9.97 Å². The summed E-state index contributed by atoms with van der Waals surface area (Å²) in [6, 6.07) is 89.6. The van der Waals surface area contributed by atoms with Gasteiger partial charge >= 0.3 is 0 Å². The Balaban J connectivity index is 0.853. The summed E-state index contributed by atoms with van der Waals surface area (Å²) >= 11 is 0. The van der Waals surface area contributed by atoms with Gasteiger partial charge in [-0.1, -0.05) is 237 Å². The van der Waals surface area contributed by atoms with Gasteiger partial charge in [-0.15, -0.1) is 0 Å². The van der Waals surface area contributed by atoms with Crippen LogP contribution in [0.3, 0.4) is 0 Å². The molecule has 1 aliphatic carbocycles. The van der Waals surface area contributed by atoms with Crippen LogP contribution in [0.5, 0.6) is 0 Å². The second-order valence-electron chi connectivity index (χ2n) is 17.4. The Morgan fingerprint density at radius 3 is 1.35 bits per heavy atom. The highest BCUT2D eigenvalue weighted by atomic mass is 14.9. The van der Waals surface area contributed by atoms with Crippen molar-refractivity contribution < 1.29 is 0 Å². The summed E-state index contributed by atoms with van der Waals surface area (Å²) in [6.45, 7) is 2.38. The van der Waals surface area contributed by atoms with Gasteiger partial charge in [0.05, 0.1) is 11.4 Å². The van der Waals surface area contributed by atoms with Crippen molar-refractivity contribution in [2.75, 3.05) is 0 Å². The van der Waals surface area contributed by atoms with E-state index in [-0.39, 0.29) is 5.41 Å². The molecule has 66 heavy (non-hydrogen) atoms. The van der Waals surface area contributed by atoms with Crippen LogP contribution in [0.4, 0.5) is 0 Å². The second-order valence-corrected chi connectivity index (χ2v) is 17.4. The van der Waals surface area contributed by atoms with Crippen molar-refractivity contribution >= 4 is 10.8 Å². The smallest absolute Gasteiger partial charge is 0.160 e. The molecule has 0 bridgehead atoms. The summed E-state index contributed by atoms with van der Waals surface area (Å²) in [6.07, 6.45) is 0. The highest BCUT2D eigenvalue weighted by Gasteiger charge is 2.40. The topological polar surface area (TPSA) is 25.8 Å². The molecule has 310 valence electrons. The second kappa shape index (κ2) is 16.3. The standard InChI is InChI=1S/C64H44N2/c1-64(52-19-9-4-10-20-52)59-24-14-13-23-56(59)57-38-37-51(41-60(57)64)47-27-25-45(26-28-47)46-29-33-48(34-30-46)53-39-40-58(55-22-12-11-21-54(53)55)62-42-61(65-63(66-62)50-17-7-3-8-18-50)49-35-31-44(32-36-49)43-15-5-2-6-16-43/h2-42H,1H3. The van der Waals surface area contributed by atoms with Crippen LogP contribution >= 0.6 is 0 Å². The number of fused-ring (bicyclic) bond motifs is 4. The van der Waals surface area contributed by atoms with Gasteiger partial charge in [0.1, 0.15) is 0 Å². The van der Waals surface area contributed by atoms with Crippen molar-refractivity contribution in [3.05, 3.63) is 265 Å². The van der Waals surface area contributed by atoms with E-state index in [1.165, 1.54) is 77.7 Å². The Hall–Kier alpha value is -8.46. The van der Waals surface area contributed by atoms with Gasteiger partial charge in [0.15, 0.2) is 5.82 Å². The first-order chi connectivity index (χ1) is 32.6. The maximum absolute atomic E-state index is 5.22. The average Bonchev–Trinajstić information content (AvgIpc) is 3.66. The van der Waals surface area contributed by atoms with Gasteiger partial charge in [-0.3, -0.25) is 0 Å². The summed E-state index contributed by atoms with van der Waals surface area (Å²) < 4.78 is 0. The lowest BCUT2D eigenvalue weighted by Gasteiger charge is -2.28. The minimum absolute atomic E-state index is 0.224. The van der Waals surface area contributed by atoms with Crippen LogP contribution in [0, 0.1) is 0 Å². The van der Waals surface area contributed by atoms with Gasteiger partial charge in [0, 0.05) is 22.1 Å². The summed E-state index contributed by atoms with van der Waals surface area (Å²) in [4.78, 5) is 10.3. The first kappa shape index (κ1) is 39.2. The van der Waals surface area contributed by atoms with Crippen LogP contribution in [-0.4, -0.2) is 9.97 Å². The number of benzene rings is 10. The lowest BCUT2D eigenvalue weighted by molar-refractivity contribution is 0.714. The summed E-state index contributed by atoms with van der Waals surface area (Å²) in [7, 11) is 0. The maximum Gasteiger partial charge on any atom is 0.160 e. The van der Waals surface area contributed by atoms with Crippen LogP contribution in [0.2, 0.25) is 0 Å². The molecule has 10 aromatic carbocycles. The molecule has 2 nitrogen and oxygen atoms in total. The van der Waals surface area contributed by atoms with Crippen molar-refractivity contribution in [2.45, 2.75) is 12.3 Å². The fourth-order valence-corrected chi connectivity index (χ4v) is 10.1. The zero-order valence-corrected chi connectivity index (χ0v) is 36.6. The number of hydrogen-bond acceptors (Lipinski definition) is 2. The normalized spacial score (nSPS) is 13.9. The van der Waals surface area contributed by atoms with Crippen LogP contribution in [-0.2, 0) is 5.41 Å². The molecular weight excluding hydrogens is 797 g/mol. The molecule has 0 amide bonds. The predicted molar refractivity (Wildman–Crippen MR) is 275 cm³/mol. The minimum Gasteiger partial charge on any atom is -0.228 e. The molecule has 0 aliphatic heterocycles. The Labute approximate surface area is 386 Å². The lowest BCUT2D eigenvalue weighted by Crippen LogP contribution is -2.22. The zero-order valence-electron chi connectivity index (χ0n) is 36.6. The van der Waals surface area contributed by atoms with E-state index in [0.717, 1.165) is 33.5 Å². The molecule has 1 heterocycles. The van der Waals surface area contributed by atoms with Crippen molar-refractivity contribution in [3.8, 4) is 89.5 Å². The summed E-state index contributed by atoms with van der Waals surface area (Å²) in [5, 5.41) is 2.33. The van der Waals surface area contributed by atoms with Gasteiger partial charge in [0.2, 0.25) is 0 Å². The maximum atomic E-state index is 5.22. The van der Waals surface area contributed by atoms with E-state index in [0.29, 0.717) is 5.82 Å². The van der Waals surface area contributed by atoms with Gasteiger partial charge in [-0.05, 0) is 102 Å². The lowest BCUT2D eigenvalue weighted by atomic mass is 9.74. The third-order valence-electron chi connectivity index (χ3n) is 13.7. The Kier molecular flexibility index (Phi) is 9.65. The average molecular weight is 841 g/mol. The molecule has 1 aliphatic rings.